The smallest absolute Gasteiger partial charge is 0.257 e. The number of piperazine rings is 1. The molecule has 128 valence electrons. The molecule has 1 saturated heterocycles. The van der Waals surface area contributed by atoms with Crippen LogP contribution >= 0.6 is 0 Å². The summed E-state index contributed by atoms with van der Waals surface area (Å²) >= 11 is 0. The minimum Gasteiger partial charge on any atom is -0.478 e. The third kappa shape index (κ3) is 3.32. The zero-order valence-electron chi connectivity index (χ0n) is 14.2. The summed E-state index contributed by atoms with van der Waals surface area (Å²) in [5.41, 5.74) is 2.30. The van der Waals surface area contributed by atoms with Crippen LogP contribution in [0.2, 0.25) is 0 Å². The number of anilines is 1. The SMILES string of the molecule is CCOc1cc(C)nc(N2CCN(C(=O)c3cn[nH]c3C)CC2)n1. The van der Waals surface area contributed by atoms with Gasteiger partial charge in [-0.2, -0.15) is 10.1 Å². The maximum atomic E-state index is 12.5. The highest BCUT2D eigenvalue weighted by molar-refractivity contribution is 5.95. The van der Waals surface area contributed by atoms with Crippen molar-refractivity contribution in [2.75, 3.05) is 37.7 Å². The zero-order chi connectivity index (χ0) is 17.1. The molecule has 24 heavy (non-hydrogen) atoms. The highest BCUT2D eigenvalue weighted by Crippen LogP contribution is 2.18. The van der Waals surface area contributed by atoms with E-state index in [2.05, 4.69) is 25.1 Å². The van der Waals surface area contributed by atoms with Crippen molar-refractivity contribution < 1.29 is 9.53 Å². The van der Waals surface area contributed by atoms with E-state index in [1.807, 2.05) is 31.7 Å². The Bertz CT molecular complexity index is 721. The highest BCUT2D eigenvalue weighted by Gasteiger charge is 2.25. The fourth-order valence-corrected chi connectivity index (χ4v) is 2.73. The summed E-state index contributed by atoms with van der Waals surface area (Å²) in [6.07, 6.45) is 1.59. The molecule has 0 aliphatic carbocycles. The molecule has 8 nitrogen and oxygen atoms in total. The zero-order valence-corrected chi connectivity index (χ0v) is 14.2. The Labute approximate surface area is 140 Å². The second-order valence-corrected chi connectivity index (χ2v) is 5.77. The van der Waals surface area contributed by atoms with Crippen molar-refractivity contribution in [2.24, 2.45) is 0 Å². The molecule has 0 unspecified atom stereocenters. The van der Waals surface area contributed by atoms with E-state index in [9.17, 15) is 4.79 Å². The van der Waals surface area contributed by atoms with Gasteiger partial charge in [-0.3, -0.25) is 9.89 Å². The number of carbonyl (C=O) groups is 1. The van der Waals surface area contributed by atoms with E-state index in [1.54, 1.807) is 6.20 Å². The van der Waals surface area contributed by atoms with Gasteiger partial charge in [0.25, 0.3) is 5.91 Å². The molecule has 0 atom stereocenters. The molecule has 0 bridgehead atoms. The summed E-state index contributed by atoms with van der Waals surface area (Å²) in [6.45, 7) is 8.92. The molecule has 1 N–H and O–H groups in total. The minimum absolute atomic E-state index is 0.0149. The largest absolute Gasteiger partial charge is 0.478 e. The predicted octanol–water partition coefficient (Wildman–Crippen LogP) is 1.18. The standard InChI is InChI=1S/C16H22N6O2/c1-4-24-14-9-11(2)18-16(19-14)22-7-5-21(6-8-22)15(23)13-10-17-20-12(13)3/h9-10H,4-8H2,1-3H3,(H,17,20). The molecule has 1 aliphatic rings. The normalized spacial score (nSPS) is 14.8. The number of nitrogens with one attached hydrogen (secondary N) is 1. The first-order valence-corrected chi connectivity index (χ1v) is 8.11. The lowest BCUT2D eigenvalue weighted by atomic mass is 10.2. The molecular weight excluding hydrogens is 308 g/mol. The van der Waals surface area contributed by atoms with Gasteiger partial charge in [0.2, 0.25) is 11.8 Å². The second kappa shape index (κ2) is 6.86. The van der Waals surface area contributed by atoms with Crippen molar-refractivity contribution in [1.82, 2.24) is 25.1 Å². The molecule has 3 heterocycles. The molecule has 0 radical (unpaired) electrons. The lowest BCUT2D eigenvalue weighted by molar-refractivity contribution is 0.0745. The van der Waals surface area contributed by atoms with Crippen molar-refractivity contribution in [1.29, 1.82) is 0 Å². The molecule has 1 amide bonds. The molecule has 0 saturated carbocycles. The number of rotatable bonds is 4. The van der Waals surface area contributed by atoms with Gasteiger partial charge in [-0.05, 0) is 20.8 Å². The van der Waals surface area contributed by atoms with Gasteiger partial charge in [0.05, 0.1) is 18.4 Å². The third-order valence-corrected chi connectivity index (χ3v) is 4.02. The van der Waals surface area contributed by atoms with Crippen LogP contribution in [-0.2, 0) is 0 Å². The Hall–Kier alpha value is -2.64. The summed E-state index contributed by atoms with van der Waals surface area (Å²) in [5.74, 6) is 1.26. The number of H-pyrrole nitrogens is 1. The van der Waals surface area contributed by atoms with E-state index in [-0.39, 0.29) is 5.91 Å². The van der Waals surface area contributed by atoms with Crippen LogP contribution < -0.4 is 9.64 Å². The van der Waals surface area contributed by atoms with Crippen LogP contribution in [-0.4, -0.2) is 63.8 Å². The summed E-state index contributed by atoms with van der Waals surface area (Å²) in [5, 5.41) is 6.73. The number of nitrogens with zero attached hydrogens (tertiary/aromatic N) is 5. The van der Waals surface area contributed by atoms with Gasteiger partial charge in [-0.1, -0.05) is 0 Å². The Morgan fingerprint density at radius 3 is 2.62 bits per heavy atom. The van der Waals surface area contributed by atoms with Crippen molar-refractivity contribution in [3.05, 3.63) is 29.2 Å². The van der Waals surface area contributed by atoms with Gasteiger partial charge in [0.1, 0.15) is 0 Å². The molecule has 8 heteroatoms. The number of carbonyl (C=O) groups excluding carboxylic acids is 1. The fourth-order valence-electron chi connectivity index (χ4n) is 2.73. The van der Waals surface area contributed by atoms with E-state index >= 15 is 0 Å². The average Bonchev–Trinajstić information content (AvgIpc) is 3.00. The van der Waals surface area contributed by atoms with Crippen molar-refractivity contribution >= 4 is 11.9 Å². The second-order valence-electron chi connectivity index (χ2n) is 5.77. The van der Waals surface area contributed by atoms with Gasteiger partial charge in [-0.15, -0.1) is 0 Å². The van der Waals surface area contributed by atoms with Crippen molar-refractivity contribution in [3.63, 3.8) is 0 Å². The number of aryl methyl sites for hydroxylation is 2. The maximum Gasteiger partial charge on any atom is 0.257 e. The van der Waals surface area contributed by atoms with E-state index in [0.717, 1.165) is 11.4 Å². The fraction of sp³-hybridized carbons (Fsp3) is 0.500. The van der Waals surface area contributed by atoms with Crippen LogP contribution in [0.5, 0.6) is 5.88 Å². The summed E-state index contributed by atoms with van der Waals surface area (Å²) in [4.78, 5) is 25.4. The number of hydrogen-bond acceptors (Lipinski definition) is 6. The van der Waals surface area contributed by atoms with E-state index in [1.165, 1.54) is 0 Å². The average molecular weight is 330 g/mol. The number of ether oxygens (including phenoxy) is 1. The lowest BCUT2D eigenvalue weighted by Gasteiger charge is -2.34. The number of aromatic amines is 1. The molecule has 1 fully saturated rings. The number of aromatic nitrogens is 4. The highest BCUT2D eigenvalue weighted by atomic mass is 16.5. The Morgan fingerprint density at radius 1 is 1.25 bits per heavy atom. The lowest BCUT2D eigenvalue weighted by Crippen LogP contribution is -2.49. The number of amides is 1. The van der Waals surface area contributed by atoms with Gasteiger partial charge in [0.15, 0.2) is 0 Å². The van der Waals surface area contributed by atoms with E-state index in [0.29, 0.717) is 50.2 Å². The number of hydrogen-bond donors (Lipinski definition) is 1. The summed E-state index contributed by atoms with van der Waals surface area (Å²) < 4.78 is 5.49. The van der Waals surface area contributed by atoms with Crippen LogP contribution in [0.3, 0.4) is 0 Å². The first-order valence-electron chi connectivity index (χ1n) is 8.11. The summed E-state index contributed by atoms with van der Waals surface area (Å²) in [6, 6.07) is 1.83. The maximum absolute atomic E-state index is 12.5. The third-order valence-electron chi connectivity index (χ3n) is 4.02. The van der Waals surface area contributed by atoms with E-state index in [4.69, 9.17) is 4.74 Å². The van der Waals surface area contributed by atoms with Crippen LogP contribution in [0.4, 0.5) is 5.95 Å². The van der Waals surface area contributed by atoms with Crippen LogP contribution in [0.15, 0.2) is 12.3 Å². The van der Waals surface area contributed by atoms with Gasteiger partial charge in [-0.25, -0.2) is 4.98 Å². The monoisotopic (exact) mass is 330 g/mol. The topological polar surface area (TPSA) is 87.2 Å². The molecule has 2 aromatic rings. The molecular formula is C16H22N6O2. The molecule has 2 aromatic heterocycles. The van der Waals surface area contributed by atoms with Gasteiger partial charge in [0, 0.05) is 43.6 Å². The quantitative estimate of drug-likeness (QED) is 0.906. The van der Waals surface area contributed by atoms with Crippen molar-refractivity contribution in [2.45, 2.75) is 20.8 Å². The molecule has 3 rings (SSSR count). The van der Waals surface area contributed by atoms with Crippen LogP contribution in [0, 0.1) is 13.8 Å². The van der Waals surface area contributed by atoms with Crippen LogP contribution in [0.1, 0.15) is 28.7 Å². The molecule has 0 aromatic carbocycles. The first kappa shape index (κ1) is 16.2. The van der Waals surface area contributed by atoms with E-state index < -0.39 is 0 Å². The first-order chi connectivity index (χ1) is 11.6. The van der Waals surface area contributed by atoms with Crippen LogP contribution in [0.25, 0.3) is 0 Å². The molecule has 1 aliphatic heterocycles. The molecule has 0 spiro atoms. The Morgan fingerprint density at radius 2 is 2.00 bits per heavy atom. The Balaban J connectivity index is 1.67. The van der Waals surface area contributed by atoms with Gasteiger partial charge >= 0.3 is 0 Å². The minimum atomic E-state index is 0.0149. The van der Waals surface area contributed by atoms with Gasteiger partial charge < -0.3 is 14.5 Å². The summed E-state index contributed by atoms with van der Waals surface area (Å²) in [7, 11) is 0. The van der Waals surface area contributed by atoms with Crippen molar-refractivity contribution in [3.8, 4) is 5.88 Å². The predicted molar refractivity (Wildman–Crippen MR) is 89.4 cm³/mol. The Kier molecular flexibility index (Phi) is 4.64.